The van der Waals surface area contributed by atoms with Crippen LogP contribution in [0.5, 0.6) is 5.75 Å². The molecule has 0 aromatic heterocycles. The van der Waals surface area contributed by atoms with Crippen LogP contribution in [0.4, 0.5) is 4.79 Å². The summed E-state index contributed by atoms with van der Waals surface area (Å²) >= 11 is 10.9. The van der Waals surface area contributed by atoms with Gasteiger partial charge in [-0.05, 0) is 98.4 Å². The van der Waals surface area contributed by atoms with Crippen LogP contribution in [-0.2, 0) is 11.3 Å². The summed E-state index contributed by atoms with van der Waals surface area (Å²) in [6.07, 6.45) is 1.67. The number of nitrogens with zero attached hydrogens (tertiary/aromatic N) is 1. The molecule has 1 heterocycles. The van der Waals surface area contributed by atoms with Crippen molar-refractivity contribution in [1.82, 2.24) is 4.90 Å². The van der Waals surface area contributed by atoms with E-state index in [9.17, 15) is 14.7 Å². The van der Waals surface area contributed by atoms with Gasteiger partial charge in [0.2, 0.25) is 0 Å². The molecule has 0 radical (unpaired) electrons. The van der Waals surface area contributed by atoms with E-state index in [4.69, 9.17) is 11.6 Å². The second kappa shape index (κ2) is 7.85. The average molecular weight is 598 g/mol. The smallest absolute Gasteiger partial charge is 0.293 e. The fourth-order valence-corrected chi connectivity index (χ4v) is 5.14. The molecule has 1 saturated heterocycles. The van der Waals surface area contributed by atoms with E-state index in [1.165, 1.54) is 4.90 Å². The Hall–Kier alpha value is -0.780. The van der Waals surface area contributed by atoms with Crippen molar-refractivity contribution in [2.75, 3.05) is 0 Å². The van der Waals surface area contributed by atoms with Crippen LogP contribution in [-0.4, -0.2) is 21.2 Å². The quantitative estimate of drug-likeness (QED) is 0.376. The molecule has 2 amide bonds. The molecule has 1 aliphatic heterocycles. The number of halogens is 3. The molecule has 4 nitrogen and oxygen atoms in total. The number of hydrogen-bond donors (Lipinski definition) is 1. The average Bonchev–Trinajstić information content (AvgIpc) is 2.80. The van der Waals surface area contributed by atoms with Crippen LogP contribution < -0.4 is 0 Å². The van der Waals surface area contributed by atoms with Crippen LogP contribution in [0.3, 0.4) is 0 Å². The SMILES string of the molecule is O=C1S/C(=C\c2cc(I)c(O)c(I)c2)C(=O)N1Cc1cccc(Cl)c1. The van der Waals surface area contributed by atoms with Crippen LogP contribution in [0.25, 0.3) is 6.08 Å². The first-order valence-electron chi connectivity index (χ1n) is 7.03. The molecule has 3 rings (SSSR count). The lowest BCUT2D eigenvalue weighted by molar-refractivity contribution is -0.123. The molecular weight excluding hydrogens is 588 g/mol. The van der Waals surface area contributed by atoms with Crippen LogP contribution in [0.2, 0.25) is 5.02 Å². The number of phenols is 1. The maximum atomic E-state index is 12.6. The lowest BCUT2D eigenvalue weighted by Crippen LogP contribution is -2.27. The van der Waals surface area contributed by atoms with Crippen molar-refractivity contribution < 1.29 is 14.7 Å². The zero-order valence-electron chi connectivity index (χ0n) is 12.5. The highest BCUT2D eigenvalue weighted by Crippen LogP contribution is 2.35. The minimum Gasteiger partial charge on any atom is -0.506 e. The molecule has 0 bridgehead atoms. The number of thioether (sulfide) groups is 1. The van der Waals surface area contributed by atoms with Gasteiger partial charge in [-0.3, -0.25) is 14.5 Å². The van der Waals surface area contributed by atoms with E-state index in [0.717, 1.165) is 22.9 Å². The molecule has 0 unspecified atom stereocenters. The van der Waals surface area contributed by atoms with Gasteiger partial charge in [-0.25, -0.2) is 0 Å². The predicted octanol–water partition coefficient (Wildman–Crippen LogP) is 5.49. The van der Waals surface area contributed by atoms with Crippen molar-refractivity contribution >= 4 is 85.8 Å². The van der Waals surface area contributed by atoms with E-state index in [1.807, 2.05) is 51.2 Å². The van der Waals surface area contributed by atoms with E-state index >= 15 is 0 Å². The topological polar surface area (TPSA) is 57.6 Å². The van der Waals surface area contributed by atoms with E-state index < -0.39 is 0 Å². The Morgan fingerprint density at radius 2 is 1.84 bits per heavy atom. The number of aromatic hydroxyl groups is 1. The summed E-state index contributed by atoms with van der Waals surface area (Å²) in [6.45, 7) is 0.188. The number of carbonyl (C=O) groups excluding carboxylic acids is 2. The summed E-state index contributed by atoms with van der Waals surface area (Å²) in [6, 6.07) is 10.6. The van der Waals surface area contributed by atoms with Crippen LogP contribution in [0.15, 0.2) is 41.3 Å². The van der Waals surface area contributed by atoms with Gasteiger partial charge in [-0.1, -0.05) is 23.7 Å². The van der Waals surface area contributed by atoms with E-state index in [2.05, 4.69) is 0 Å². The van der Waals surface area contributed by atoms with Gasteiger partial charge in [0.1, 0.15) is 5.75 Å². The summed E-state index contributed by atoms with van der Waals surface area (Å²) in [4.78, 5) is 26.4. The van der Waals surface area contributed by atoms with E-state index in [0.29, 0.717) is 17.1 Å². The largest absolute Gasteiger partial charge is 0.506 e. The zero-order chi connectivity index (χ0) is 18.1. The second-order valence-corrected chi connectivity index (χ2v) is 8.98. The number of amides is 2. The normalized spacial score (nSPS) is 16.1. The van der Waals surface area contributed by atoms with Crippen molar-refractivity contribution in [3.05, 3.63) is 64.6 Å². The van der Waals surface area contributed by atoms with Gasteiger partial charge in [0.05, 0.1) is 18.6 Å². The summed E-state index contributed by atoms with van der Waals surface area (Å²) in [5, 5.41) is 10.1. The van der Waals surface area contributed by atoms with Crippen molar-refractivity contribution in [2.45, 2.75) is 6.54 Å². The first kappa shape index (κ1) is 19.0. The molecule has 0 atom stereocenters. The van der Waals surface area contributed by atoms with Crippen molar-refractivity contribution in [3.63, 3.8) is 0 Å². The number of phenolic OH excluding ortho intramolecular Hbond substituents is 1. The Bertz CT molecular complexity index is 894. The standard InChI is InChI=1S/C17H10ClI2NO3S/c18-11-3-1-2-9(4-11)8-21-16(23)14(25-17(21)24)7-10-5-12(19)15(22)13(20)6-10/h1-7,22H,8H2/b14-7-. The molecule has 1 fully saturated rings. The maximum absolute atomic E-state index is 12.6. The number of hydrogen-bond acceptors (Lipinski definition) is 4. The minimum atomic E-state index is -0.326. The lowest BCUT2D eigenvalue weighted by atomic mass is 10.2. The first-order valence-corrected chi connectivity index (χ1v) is 10.4. The first-order chi connectivity index (χ1) is 11.8. The van der Waals surface area contributed by atoms with Crippen molar-refractivity contribution in [1.29, 1.82) is 0 Å². The fraction of sp³-hybridized carbons (Fsp3) is 0.0588. The van der Waals surface area contributed by atoms with Gasteiger partial charge in [0, 0.05) is 5.02 Å². The highest BCUT2D eigenvalue weighted by Gasteiger charge is 2.35. The molecule has 1 aliphatic rings. The Labute approximate surface area is 180 Å². The minimum absolute atomic E-state index is 0.188. The molecule has 8 heteroatoms. The third-order valence-corrected chi connectivity index (χ3v) is 6.23. The molecule has 0 spiro atoms. The Morgan fingerprint density at radius 3 is 2.48 bits per heavy atom. The summed E-state index contributed by atoms with van der Waals surface area (Å²) in [5.41, 5.74) is 1.56. The molecule has 0 saturated carbocycles. The molecule has 2 aromatic carbocycles. The Morgan fingerprint density at radius 1 is 1.16 bits per heavy atom. The van der Waals surface area contributed by atoms with E-state index in [1.54, 1.807) is 36.4 Å². The van der Waals surface area contributed by atoms with Gasteiger partial charge in [0.15, 0.2) is 0 Å². The van der Waals surface area contributed by atoms with Crippen LogP contribution in [0.1, 0.15) is 11.1 Å². The number of rotatable bonds is 3. The third-order valence-electron chi connectivity index (χ3n) is 3.44. The fourth-order valence-electron chi connectivity index (χ4n) is 2.27. The van der Waals surface area contributed by atoms with Crippen LogP contribution in [0, 0.1) is 7.14 Å². The van der Waals surface area contributed by atoms with Crippen molar-refractivity contribution in [2.24, 2.45) is 0 Å². The predicted molar refractivity (Wildman–Crippen MR) is 117 cm³/mol. The highest BCUT2D eigenvalue weighted by atomic mass is 127. The molecule has 0 aliphatic carbocycles. The van der Waals surface area contributed by atoms with E-state index in [-0.39, 0.29) is 23.4 Å². The third kappa shape index (κ3) is 4.32. The monoisotopic (exact) mass is 597 g/mol. The maximum Gasteiger partial charge on any atom is 0.293 e. The molecule has 2 aromatic rings. The number of imide groups is 1. The van der Waals surface area contributed by atoms with Gasteiger partial charge in [0.25, 0.3) is 11.1 Å². The number of benzene rings is 2. The number of carbonyl (C=O) groups is 2. The lowest BCUT2D eigenvalue weighted by Gasteiger charge is -2.12. The molecule has 1 N–H and O–H groups in total. The zero-order valence-corrected chi connectivity index (χ0v) is 18.4. The second-order valence-electron chi connectivity index (χ2n) is 5.23. The molecule has 25 heavy (non-hydrogen) atoms. The summed E-state index contributed by atoms with van der Waals surface area (Å²) in [7, 11) is 0. The Kier molecular flexibility index (Phi) is 5.96. The molecular formula is C17H10ClI2NO3S. The van der Waals surface area contributed by atoms with Crippen LogP contribution >= 0.6 is 68.5 Å². The highest BCUT2D eigenvalue weighted by molar-refractivity contribution is 14.1. The van der Waals surface area contributed by atoms with Gasteiger partial charge in [-0.15, -0.1) is 0 Å². The Balaban J connectivity index is 1.86. The molecule has 128 valence electrons. The van der Waals surface area contributed by atoms with Crippen molar-refractivity contribution in [3.8, 4) is 5.75 Å². The summed E-state index contributed by atoms with van der Waals surface area (Å²) < 4.78 is 1.38. The van der Waals surface area contributed by atoms with Gasteiger partial charge >= 0.3 is 0 Å². The summed E-state index contributed by atoms with van der Waals surface area (Å²) in [5.74, 6) is -0.111. The van der Waals surface area contributed by atoms with Gasteiger partial charge < -0.3 is 5.11 Å². The van der Waals surface area contributed by atoms with Gasteiger partial charge in [-0.2, -0.15) is 0 Å².